The van der Waals surface area contributed by atoms with E-state index in [1.54, 1.807) is 17.5 Å². The molecule has 0 atom stereocenters. The SMILES string of the molecule is CC(C)(C)NC(=O)CSc1nc(-c2cccs2)cc(C(F)(F)F)n1. The molecule has 24 heavy (non-hydrogen) atoms. The van der Waals surface area contributed by atoms with E-state index in [-0.39, 0.29) is 22.5 Å². The van der Waals surface area contributed by atoms with Crippen LogP contribution in [-0.2, 0) is 11.0 Å². The van der Waals surface area contributed by atoms with Gasteiger partial charge in [-0.25, -0.2) is 9.97 Å². The van der Waals surface area contributed by atoms with Crippen LogP contribution in [0.5, 0.6) is 0 Å². The maximum Gasteiger partial charge on any atom is 0.433 e. The largest absolute Gasteiger partial charge is 0.433 e. The zero-order valence-electron chi connectivity index (χ0n) is 13.3. The molecule has 0 fully saturated rings. The molecule has 4 nitrogen and oxygen atoms in total. The summed E-state index contributed by atoms with van der Waals surface area (Å²) in [4.78, 5) is 20.1. The van der Waals surface area contributed by atoms with E-state index in [1.807, 2.05) is 20.8 Å². The van der Waals surface area contributed by atoms with Crippen LogP contribution in [0.25, 0.3) is 10.6 Å². The molecule has 2 aromatic rings. The van der Waals surface area contributed by atoms with Gasteiger partial charge in [-0.05, 0) is 38.3 Å². The van der Waals surface area contributed by atoms with Gasteiger partial charge in [0.25, 0.3) is 0 Å². The number of aromatic nitrogens is 2. The molecule has 0 radical (unpaired) electrons. The van der Waals surface area contributed by atoms with E-state index in [2.05, 4.69) is 15.3 Å². The first-order valence-electron chi connectivity index (χ1n) is 6.98. The van der Waals surface area contributed by atoms with Crippen molar-refractivity contribution in [1.82, 2.24) is 15.3 Å². The number of amides is 1. The van der Waals surface area contributed by atoms with Crippen LogP contribution in [0, 0.1) is 0 Å². The fourth-order valence-corrected chi connectivity index (χ4v) is 3.11. The van der Waals surface area contributed by atoms with Gasteiger partial charge in [-0.3, -0.25) is 4.79 Å². The van der Waals surface area contributed by atoms with Gasteiger partial charge in [-0.2, -0.15) is 13.2 Å². The molecule has 0 aliphatic rings. The van der Waals surface area contributed by atoms with Crippen LogP contribution in [0.15, 0.2) is 28.7 Å². The molecule has 0 saturated carbocycles. The number of carbonyl (C=O) groups excluding carboxylic acids is 1. The van der Waals surface area contributed by atoms with Crippen molar-refractivity contribution in [3.05, 3.63) is 29.3 Å². The Morgan fingerprint density at radius 2 is 2.00 bits per heavy atom. The number of rotatable bonds is 4. The number of nitrogens with one attached hydrogen (secondary N) is 1. The number of halogens is 3. The molecule has 2 aromatic heterocycles. The predicted molar refractivity (Wildman–Crippen MR) is 89.0 cm³/mol. The first kappa shape index (κ1) is 18.7. The monoisotopic (exact) mass is 375 g/mol. The number of nitrogens with zero attached hydrogens (tertiary/aromatic N) is 2. The van der Waals surface area contributed by atoms with Crippen molar-refractivity contribution in [3.8, 4) is 10.6 Å². The van der Waals surface area contributed by atoms with Gasteiger partial charge in [0, 0.05) is 5.54 Å². The van der Waals surface area contributed by atoms with Crippen molar-refractivity contribution in [1.29, 1.82) is 0 Å². The second-order valence-electron chi connectivity index (χ2n) is 5.98. The fraction of sp³-hybridized carbons (Fsp3) is 0.400. The molecular weight excluding hydrogens is 359 g/mol. The zero-order chi connectivity index (χ0) is 18.0. The molecule has 0 aliphatic carbocycles. The molecule has 0 unspecified atom stereocenters. The average molecular weight is 375 g/mol. The summed E-state index contributed by atoms with van der Waals surface area (Å²) in [5.41, 5.74) is -1.22. The molecule has 2 rings (SSSR count). The van der Waals surface area contributed by atoms with Gasteiger partial charge in [0.2, 0.25) is 5.91 Å². The summed E-state index contributed by atoms with van der Waals surface area (Å²) in [5, 5.41) is 4.43. The van der Waals surface area contributed by atoms with E-state index in [1.165, 1.54) is 11.3 Å². The Morgan fingerprint density at radius 1 is 1.29 bits per heavy atom. The fourth-order valence-electron chi connectivity index (χ4n) is 1.77. The lowest BCUT2D eigenvalue weighted by Gasteiger charge is -2.20. The number of hydrogen-bond acceptors (Lipinski definition) is 5. The quantitative estimate of drug-likeness (QED) is 0.642. The third-order valence-corrected chi connectivity index (χ3v) is 4.36. The van der Waals surface area contributed by atoms with Crippen LogP contribution in [-0.4, -0.2) is 27.2 Å². The number of carbonyl (C=O) groups is 1. The molecule has 0 saturated heterocycles. The van der Waals surface area contributed by atoms with Crippen LogP contribution >= 0.6 is 23.1 Å². The van der Waals surface area contributed by atoms with Gasteiger partial charge in [0.15, 0.2) is 5.16 Å². The van der Waals surface area contributed by atoms with E-state index in [9.17, 15) is 18.0 Å². The van der Waals surface area contributed by atoms with Gasteiger partial charge >= 0.3 is 6.18 Å². The summed E-state index contributed by atoms with van der Waals surface area (Å²) in [6.07, 6.45) is -4.57. The van der Waals surface area contributed by atoms with Crippen molar-refractivity contribution in [3.63, 3.8) is 0 Å². The molecule has 9 heteroatoms. The number of alkyl halides is 3. The Hall–Kier alpha value is -1.61. The summed E-state index contributed by atoms with van der Waals surface area (Å²) in [6.45, 7) is 5.47. The first-order valence-corrected chi connectivity index (χ1v) is 8.85. The van der Waals surface area contributed by atoms with E-state index in [0.717, 1.165) is 17.8 Å². The molecular formula is C15H16F3N3OS2. The molecule has 0 spiro atoms. The highest BCUT2D eigenvalue weighted by Gasteiger charge is 2.34. The van der Waals surface area contributed by atoms with Gasteiger partial charge in [0.05, 0.1) is 16.3 Å². The Labute approximate surface area is 145 Å². The molecule has 1 amide bonds. The average Bonchev–Trinajstić information content (AvgIpc) is 2.96. The zero-order valence-corrected chi connectivity index (χ0v) is 14.9. The van der Waals surface area contributed by atoms with Crippen molar-refractivity contribution in [2.45, 2.75) is 37.6 Å². The highest BCUT2D eigenvalue weighted by atomic mass is 32.2. The van der Waals surface area contributed by atoms with Crippen molar-refractivity contribution in [2.24, 2.45) is 0 Å². The Kier molecular flexibility index (Phi) is 5.54. The van der Waals surface area contributed by atoms with Crippen LogP contribution in [0.1, 0.15) is 26.5 Å². The summed E-state index contributed by atoms with van der Waals surface area (Å²) in [7, 11) is 0. The van der Waals surface area contributed by atoms with Crippen molar-refractivity contribution >= 4 is 29.0 Å². The smallest absolute Gasteiger partial charge is 0.351 e. The number of thiophene rings is 1. The van der Waals surface area contributed by atoms with Crippen molar-refractivity contribution in [2.75, 3.05) is 5.75 Å². The third kappa shape index (κ3) is 5.48. The number of thioether (sulfide) groups is 1. The Bertz CT molecular complexity index is 710. The van der Waals surface area contributed by atoms with Gasteiger partial charge in [-0.15, -0.1) is 11.3 Å². The van der Waals surface area contributed by atoms with Crippen LogP contribution in [0.3, 0.4) is 0 Å². The van der Waals surface area contributed by atoms with Crippen molar-refractivity contribution < 1.29 is 18.0 Å². The second-order valence-corrected chi connectivity index (χ2v) is 7.87. The third-order valence-electron chi connectivity index (χ3n) is 2.62. The minimum atomic E-state index is -4.57. The van der Waals surface area contributed by atoms with Gasteiger partial charge in [-0.1, -0.05) is 17.8 Å². The topological polar surface area (TPSA) is 54.9 Å². The van der Waals surface area contributed by atoms with E-state index in [0.29, 0.717) is 4.88 Å². The minimum absolute atomic E-state index is 0.0531. The highest BCUT2D eigenvalue weighted by molar-refractivity contribution is 7.99. The van der Waals surface area contributed by atoms with Gasteiger partial charge in [0.1, 0.15) is 5.69 Å². The lowest BCUT2D eigenvalue weighted by molar-refractivity contribution is -0.141. The van der Waals surface area contributed by atoms with E-state index in [4.69, 9.17) is 0 Å². The van der Waals surface area contributed by atoms with Gasteiger partial charge < -0.3 is 5.32 Å². The summed E-state index contributed by atoms with van der Waals surface area (Å²) < 4.78 is 39.1. The van der Waals surface area contributed by atoms with Crippen LogP contribution in [0.2, 0.25) is 0 Å². The predicted octanol–water partition coefficient (Wildman–Crippen LogP) is 4.23. The lowest BCUT2D eigenvalue weighted by Crippen LogP contribution is -2.41. The molecule has 0 aliphatic heterocycles. The van der Waals surface area contributed by atoms with E-state index >= 15 is 0 Å². The first-order chi connectivity index (χ1) is 11.0. The summed E-state index contributed by atoms with van der Waals surface area (Å²) >= 11 is 2.17. The molecule has 1 N–H and O–H groups in total. The number of hydrogen-bond donors (Lipinski definition) is 1. The normalized spacial score (nSPS) is 12.2. The second kappa shape index (κ2) is 7.10. The maximum atomic E-state index is 13.0. The standard InChI is InChI=1S/C15H16F3N3OS2/c1-14(2,3)21-12(22)8-24-13-19-9(10-5-4-6-23-10)7-11(20-13)15(16,17)18/h4-7H,8H2,1-3H3,(H,21,22). The Morgan fingerprint density at radius 3 is 2.54 bits per heavy atom. The summed E-state index contributed by atoms with van der Waals surface area (Å²) in [5.74, 6) is -0.339. The summed E-state index contributed by atoms with van der Waals surface area (Å²) in [6, 6.07) is 4.35. The molecule has 130 valence electrons. The highest BCUT2D eigenvalue weighted by Crippen LogP contribution is 2.33. The molecule has 0 aromatic carbocycles. The molecule has 2 heterocycles. The van der Waals surface area contributed by atoms with Crippen LogP contribution in [0.4, 0.5) is 13.2 Å². The Balaban J connectivity index is 2.23. The van der Waals surface area contributed by atoms with Crippen LogP contribution < -0.4 is 5.32 Å². The maximum absolute atomic E-state index is 13.0. The minimum Gasteiger partial charge on any atom is -0.351 e. The molecule has 0 bridgehead atoms. The lowest BCUT2D eigenvalue weighted by atomic mass is 10.1. The van der Waals surface area contributed by atoms with E-state index < -0.39 is 17.4 Å².